The summed E-state index contributed by atoms with van der Waals surface area (Å²) in [7, 11) is 0. The van der Waals surface area contributed by atoms with Crippen LogP contribution in [0.4, 0.5) is 0 Å². The summed E-state index contributed by atoms with van der Waals surface area (Å²) >= 11 is 5.21. The first kappa shape index (κ1) is 30.2. The van der Waals surface area contributed by atoms with Crippen molar-refractivity contribution < 1.29 is 110 Å². The van der Waals surface area contributed by atoms with Crippen molar-refractivity contribution in [2.45, 2.75) is 62.5 Å². The van der Waals surface area contributed by atoms with Gasteiger partial charge in [0.1, 0.15) is 59.2 Å². The van der Waals surface area contributed by atoms with Gasteiger partial charge in [-0.2, -0.15) is 0 Å². The van der Waals surface area contributed by atoms with Crippen molar-refractivity contribution in [1.29, 1.82) is 0 Å². The molecule has 0 radical (unpaired) electrons. The maximum atomic E-state index is 8.95. The van der Waals surface area contributed by atoms with E-state index in [0.29, 0.717) is 9.75 Å². The van der Waals surface area contributed by atoms with Gasteiger partial charge in [0.05, 0.1) is 52.1 Å². The molecule has 10 aromatic carbocycles. The highest BCUT2D eigenvalue weighted by molar-refractivity contribution is 7.11. The van der Waals surface area contributed by atoms with Crippen LogP contribution in [-0.2, 0) is 0 Å². The van der Waals surface area contributed by atoms with Gasteiger partial charge in [-0.3, -0.25) is 0 Å². The maximum absolute atomic E-state index is 8.95. The summed E-state index contributed by atoms with van der Waals surface area (Å²) in [5.41, 5.74) is 0. The molecule has 15 aromatic rings. The summed E-state index contributed by atoms with van der Waals surface area (Å²) in [4.78, 5) is 1.04. The van der Waals surface area contributed by atoms with E-state index in [1.54, 1.807) is 51.8 Å². The second-order valence-corrected chi connectivity index (χ2v) is 24.7. The lowest BCUT2D eigenvalue weighted by molar-refractivity contribution is 0.201. The van der Waals surface area contributed by atoms with Gasteiger partial charge in [-0.25, -0.2) is 0 Å². The highest BCUT2D eigenvalue weighted by Crippen LogP contribution is 2.38. The first-order valence-electron chi connectivity index (χ1n) is 61.8. The van der Waals surface area contributed by atoms with Crippen LogP contribution in [0.5, 0.6) is 28.7 Å². The average Bonchev–Trinajstić information content (AvgIpc) is 1.01. The quantitative estimate of drug-likeness (QED) is 0.0299. The van der Waals surface area contributed by atoms with E-state index < -0.39 is 384 Å². The topological polar surface area (TPSA) is 106 Å². The molecule has 0 aliphatic heterocycles. The Bertz CT molecular complexity index is 8290. The number of thiophene rings is 5. The number of fused-ring (bicyclic) bond motifs is 5. The zero-order valence-corrected chi connectivity index (χ0v) is 58.0. The molecular weight excluding hydrogens is 1390 g/mol. The van der Waals surface area contributed by atoms with Gasteiger partial charge in [-0.05, 0) is 182 Å². The van der Waals surface area contributed by atoms with Gasteiger partial charge in [0.25, 0.3) is 0 Å². The minimum atomic E-state index is -3.20. The Kier molecular flexibility index (Phi) is 12.1. The third kappa shape index (κ3) is 22.4. The molecule has 5 heterocycles. The Hall–Kier alpha value is -9.20. The van der Waals surface area contributed by atoms with E-state index >= 15 is 0 Å². The highest BCUT2D eigenvalue weighted by Gasteiger charge is 2.21. The molecular formula is C90H95N5O5S5. The van der Waals surface area contributed by atoms with Gasteiger partial charge >= 0.3 is 0 Å². The van der Waals surface area contributed by atoms with Gasteiger partial charge < -0.3 is 50.3 Å². The molecule has 0 aliphatic rings. The number of nitrogens with one attached hydrogen (secondary N) is 5. The number of hydrogen-bond acceptors (Lipinski definition) is 15. The highest BCUT2D eigenvalue weighted by atomic mass is 32.1. The largest absolute Gasteiger partial charge is 0.484 e. The van der Waals surface area contributed by atoms with Crippen LogP contribution in [-0.4, -0.2) is 67.5 Å². The lowest BCUT2D eigenvalue weighted by atomic mass is 10.1. The molecule has 0 aliphatic carbocycles. The summed E-state index contributed by atoms with van der Waals surface area (Å²) in [6, 6.07) is -7.17. The molecule has 15 heteroatoms. The maximum Gasteiger partial charge on any atom is 0.134 e. The van der Waals surface area contributed by atoms with Crippen molar-refractivity contribution in [2.75, 3.05) is 67.5 Å². The molecule has 0 amide bonds. The molecule has 0 bridgehead atoms. The number of hydrogen-bond donors (Lipinski definition) is 5. The van der Waals surface area contributed by atoms with E-state index in [2.05, 4.69) is 5.32 Å². The Morgan fingerprint density at radius 3 is 1.00 bits per heavy atom. The van der Waals surface area contributed by atoms with Crippen LogP contribution in [0.2, 0.25) is 0 Å². The molecule has 5 unspecified atom stereocenters. The fourth-order valence-corrected chi connectivity index (χ4v) is 12.3. The van der Waals surface area contributed by atoms with Crippen LogP contribution in [0.3, 0.4) is 0 Å². The lowest BCUT2D eigenvalue weighted by Gasteiger charge is -2.19. The third-order valence-electron chi connectivity index (χ3n) is 13.3. The van der Waals surface area contributed by atoms with Crippen LogP contribution < -0.4 is 50.3 Å². The van der Waals surface area contributed by atoms with E-state index in [4.69, 9.17) is 110 Å². The van der Waals surface area contributed by atoms with Crippen molar-refractivity contribution in [3.05, 3.63) is 323 Å². The lowest BCUT2D eigenvalue weighted by Crippen LogP contribution is -2.15. The van der Waals surface area contributed by atoms with Crippen molar-refractivity contribution in [3.8, 4) is 28.7 Å². The van der Waals surface area contributed by atoms with Crippen molar-refractivity contribution in [2.24, 2.45) is 0 Å². The third-order valence-corrected chi connectivity index (χ3v) is 17.9. The molecule has 5 N–H and O–H groups in total. The van der Waals surface area contributed by atoms with Gasteiger partial charge in [0, 0.05) is 118 Å². The zero-order chi connectivity index (χ0) is 127. The van der Waals surface area contributed by atoms with Crippen molar-refractivity contribution >= 4 is 111 Å². The van der Waals surface area contributed by atoms with Crippen LogP contribution in [0.1, 0.15) is 173 Å². The van der Waals surface area contributed by atoms with Gasteiger partial charge in [-0.1, -0.05) is 212 Å². The summed E-state index contributed by atoms with van der Waals surface area (Å²) in [5, 5.41) is 14.1. The van der Waals surface area contributed by atoms with Crippen LogP contribution >= 0.6 is 56.7 Å². The van der Waals surface area contributed by atoms with E-state index in [0.717, 1.165) is 45.3 Å². The normalized spacial score (nSPS) is 23.2. The van der Waals surface area contributed by atoms with E-state index in [9.17, 15) is 0 Å². The van der Waals surface area contributed by atoms with Crippen molar-refractivity contribution in [1.82, 2.24) is 26.6 Å². The first-order chi connectivity index (χ1) is 76.9. The fourth-order valence-electron chi connectivity index (χ4n) is 8.76. The van der Waals surface area contributed by atoms with Crippen LogP contribution in [0, 0.1) is 0 Å². The predicted octanol–water partition coefficient (Wildman–Crippen LogP) is 23.2. The first-order valence-corrected chi connectivity index (χ1v) is 34.7. The van der Waals surface area contributed by atoms with Gasteiger partial charge in [-0.15, -0.1) is 56.7 Å². The second kappa shape index (κ2) is 42.1. The predicted molar refractivity (Wildman–Crippen MR) is 451 cm³/mol. The summed E-state index contributed by atoms with van der Waals surface area (Å²) < 4.78 is 532. The number of benzene rings is 10. The van der Waals surface area contributed by atoms with E-state index in [1.807, 2.05) is 16.0 Å². The van der Waals surface area contributed by atoms with E-state index in [-0.39, 0.29) is 54.5 Å². The number of ether oxygens (including phenoxy) is 5. The van der Waals surface area contributed by atoms with Gasteiger partial charge in [0.15, 0.2) is 0 Å². The van der Waals surface area contributed by atoms with E-state index in [1.165, 1.54) is 52.4 Å². The molecule has 540 valence electrons. The summed E-state index contributed by atoms with van der Waals surface area (Å²) in [6.45, 7) is -23.2. The molecule has 0 fully saturated rings. The van der Waals surface area contributed by atoms with Crippen LogP contribution in [0.15, 0.2) is 299 Å². The zero-order valence-electron chi connectivity index (χ0n) is 117. The molecule has 15 rings (SSSR count). The monoisotopic (exact) mass is 1550 g/mol. The Balaban J connectivity index is 0.000000197. The molecule has 10 nitrogen and oxygen atoms in total. The molecule has 0 saturated carbocycles. The average molecular weight is 1550 g/mol. The van der Waals surface area contributed by atoms with Crippen LogP contribution in [0.25, 0.3) is 53.9 Å². The van der Waals surface area contributed by atoms with Crippen molar-refractivity contribution in [3.63, 3.8) is 0 Å². The second-order valence-electron chi connectivity index (χ2n) is 19.9. The minimum absolute atomic E-state index is 0.0142. The Labute approximate surface area is 728 Å². The summed E-state index contributed by atoms with van der Waals surface area (Å²) in [6.07, 6.45) is -17.5. The fraction of sp³-hybridized carbons (Fsp3) is 0.222. The molecule has 5 atom stereocenters. The molecule has 5 aromatic heterocycles. The minimum Gasteiger partial charge on any atom is -0.484 e. The summed E-state index contributed by atoms with van der Waals surface area (Å²) in [5.74, 6) is -2.76. The smallest absolute Gasteiger partial charge is 0.134 e. The van der Waals surface area contributed by atoms with Gasteiger partial charge in [0.2, 0.25) is 0 Å². The number of rotatable bonds is 30. The molecule has 0 saturated heterocycles. The molecule has 105 heavy (non-hydrogen) atoms. The Morgan fingerprint density at radius 1 is 0.305 bits per heavy atom. The Morgan fingerprint density at radius 2 is 0.610 bits per heavy atom. The SMILES string of the molecule is [2H]c1c([2H])c([2H])c2c(OC(CC([2H])([2H])NC([2H])([2H])[2H])c3cccs3)c([2H])c([2H])c([2H])c2c1[2H].[2H]c1c([2H])c([2H])c2c(OC([2H])(CC([2H])([2H])NC([2H])([2H])[2H])c3cccs3)c([2H])c([2H])c([2H])c2c1[2H].[2H]c1c([2H])c([2H])c2c(OC([2H])(CCNC([2H])([2H])[2H])c3cccs3)c([2H])c([2H])c([2H])c2c1[2H].[2H]c1c([2H])c([2H])c2c(OC([2H])(c3cccs3)C([2H])([2H])CNC([2H])([2H])[2H])c([2H])c([2H])c([2H])c2c1[2H].[2H]c1c([2H])c([2H])c2c(OC(c3cccs3)C([2H])([2H])C([2H])([2H])NC([2H])([2H])[2H])c([2H])c([2H])c([2H])c2c1[2H]. The standard InChI is InChI=1S/5C18H19NOS/c5*1-19-12-11-17(18-10-5-13-21-18)20-16-9-4-7-14-6-2-3-8-15(14)16/h5*2-10,13,17,19H,11-12H2,1H3/i1D3,2D,3D,4D,6D,7D,8D,9D,12D2,17D;1D3,2D,3D,4D,6D,7D,8D,9D,11D2,17D;1D3,2D,3D,4D,6D,7D,8D,9D,11D2,12D2;1D3,2D,3D,4D,6D,7D,8D,9D,17D;1D3,2D,3D,4D,6D,7D,8D,9D,12D2. The molecule has 0 spiro atoms.